The predicted molar refractivity (Wildman–Crippen MR) is 135 cm³/mol. The van der Waals surface area contributed by atoms with Crippen molar-refractivity contribution in [1.29, 1.82) is 0 Å². The first kappa shape index (κ1) is 24.8. The minimum Gasteiger partial charge on any atom is -0.493 e. The SMILES string of the molecule is COc1cc2ncn(CCCC(=O)Nc3cc(C(C)(C)C)nn3-c3ncccn3)c(=O)c2cc1OC. The zero-order valence-corrected chi connectivity index (χ0v) is 21.0. The molecule has 0 saturated carbocycles. The van der Waals surface area contributed by atoms with Crippen molar-refractivity contribution in [2.24, 2.45) is 0 Å². The highest BCUT2D eigenvalue weighted by Gasteiger charge is 2.22. The van der Waals surface area contributed by atoms with Crippen LogP contribution in [0.25, 0.3) is 16.9 Å². The molecule has 0 bridgehead atoms. The van der Waals surface area contributed by atoms with Crippen LogP contribution < -0.4 is 20.3 Å². The Bertz CT molecular complexity index is 1440. The van der Waals surface area contributed by atoms with E-state index < -0.39 is 0 Å². The standard InChI is InChI=1S/C25H29N7O4/c1-25(2,3)20-14-21(32(30-20)24-26-9-7-10-27-24)29-22(33)8-6-11-31-15-28-17-13-19(36-5)18(35-4)12-16(17)23(31)34/h7,9-10,12-15H,6,8,11H2,1-5H3,(H,29,33). The minimum atomic E-state index is -0.226. The quantitative estimate of drug-likeness (QED) is 0.398. The van der Waals surface area contributed by atoms with E-state index in [0.29, 0.717) is 47.1 Å². The zero-order valence-electron chi connectivity index (χ0n) is 21.0. The van der Waals surface area contributed by atoms with Gasteiger partial charge < -0.3 is 14.8 Å². The van der Waals surface area contributed by atoms with Gasteiger partial charge in [0.05, 0.1) is 37.1 Å². The molecule has 0 spiro atoms. The molecule has 0 fully saturated rings. The molecule has 11 nitrogen and oxygen atoms in total. The molecule has 4 aromatic rings. The third-order valence-corrected chi connectivity index (χ3v) is 5.62. The summed E-state index contributed by atoms with van der Waals surface area (Å²) in [6.07, 6.45) is 5.35. The number of aromatic nitrogens is 6. The van der Waals surface area contributed by atoms with Crippen LogP contribution in [0, 0.1) is 0 Å². The number of hydrogen-bond donors (Lipinski definition) is 1. The maximum Gasteiger partial charge on any atom is 0.261 e. The second-order valence-electron chi connectivity index (χ2n) is 9.24. The second kappa shape index (κ2) is 10.1. The average Bonchev–Trinajstić information content (AvgIpc) is 3.29. The summed E-state index contributed by atoms with van der Waals surface area (Å²) < 4.78 is 13.6. The van der Waals surface area contributed by atoms with Gasteiger partial charge in [-0.1, -0.05) is 20.8 Å². The molecular formula is C25H29N7O4. The summed E-state index contributed by atoms with van der Waals surface area (Å²) in [5.41, 5.74) is 0.871. The lowest BCUT2D eigenvalue weighted by Crippen LogP contribution is -2.22. The van der Waals surface area contributed by atoms with Gasteiger partial charge in [-0.2, -0.15) is 9.78 Å². The van der Waals surface area contributed by atoms with Crippen LogP contribution in [-0.4, -0.2) is 49.4 Å². The number of methoxy groups -OCH3 is 2. The fourth-order valence-corrected chi connectivity index (χ4v) is 3.65. The monoisotopic (exact) mass is 491 g/mol. The van der Waals surface area contributed by atoms with Gasteiger partial charge in [0.2, 0.25) is 5.91 Å². The highest BCUT2D eigenvalue weighted by molar-refractivity contribution is 5.90. The topological polar surface area (TPSA) is 126 Å². The van der Waals surface area contributed by atoms with Crippen LogP contribution in [0.2, 0.25) is 0 Å². The van der Waals surface area contributed by atoms with E-state index in [1.54, 1.807) is 30.6 Å². The van der Waals surface area contributed by atoms with Crippen LogP contribution in [0.5, 0.6) is 11.5 Å². The highest BCUT2D eigenvalue weighted by atomic mass is 16.5. The Labute approximate surface area is 208 Å². The summed E-state index contributed by atoms with van der Waals surface area (Å²) in [4.78, 5) is 38.6. The molecule has 36 heavy (non-hydrogen) atoms. The number of amides is 1. The van der Waals surface area contributed by atoms with Gasteiger partial charge in [0, 0.05) is 42.9 Å². The highest BCUT2D eigenvalue weighted by Crippen LogP contribution is 2.30. The van der Waals surface area contributed by atoms with Crippen LogP contribution in [0.4, 0.5) is 5.82 Å². The molecule has 0 atom stereocenters. The van der Waals surface area contributed by atoms with E-state index in [0.717, 1.165) is 5.69 Å². The maximum atomic E-state index is 13.0. The number of carbonyl (C=O) groups is 1. The summed E-state index contributed by atoms with van der Waals surface area (Å²) >= 11 is 0. The molecule has 1 N–H and O–H groups in total. The van der Waals surface area contributed by atoms with Crippen molar-refractivity contribution in [1.82, 2.24) is 29.3 Å². The van der Waals surface area contributed by atoms with E-state index in [-0.39, 0.29) is 23.3 Å². The van der Waals surface area contributed by atoms with Crippen molar-refractivity contribution in [3.63, 3.8) is 0 Å². The van der Waals surface area contributed by atoms with Gasteiger partial charge in [0.1, 0.15) is 5.82 Å². The van der Waals surface area contributed by atoms with E-state index in [2.05, 4.69) is 25.4 Å². The predicted octanol–water partition coefficient (Wildman–Crippen LogP) is 3.11. The normalized spacial score (nSPS) is 11.5. The summed E-state index contributed by atoms with van der Waals surface area (Å²) in [6.45, 7) is 6.45. The molecule has 1 amide bonds. The molecule has 0 aliphatic carbocycles. The molecule has 0 aliphatic heterocycles. The average molecular weight is 492 g/mol. The van der Waals surface area contributed by atoms with Gasteiger partial charge >= 0.3 is 0 Å². The molecule has 3 heterocycles. The number of hydrogen-bond acceptors (Lipinski definition) is 8. The van der Waals surface area contributed by atoms with Crippen LogP contribution in [0.3, 0.4) is 0 Å². The second-order valence-corrected chi connectivity index (χ2v) is 9.24. The molecule has 4 rings (SSSR count). The van der Waals surface area contributed by atoms with Gasteiger partial charge in [0.25, 0.3) is 11.5 Å². The van der Waals surface area contributed by atoms with Crippen molar-refractivity contribution in [2.45, 2.75) is 45.6 Å². The molecule has 11 heteroatoms. The van der Waals surface area contributed by atoms with Gasteiger partial charge in [-0.05, 0) is 18.6 Å². The third-order valence-electron chi connectivity index (χ3n) is 5.62. The van der Waals surface area contributed by atoms with Gasteiger partial charge in [-0.15, -0.1) is 0 Å². The van der Waals surface area contributed by atoms with Gasteiger partial charge in [0.15, 0.2) is 11.5 Å². The number of rotatable bonds is 8. The van der Waals surface area contributed by atoms with Gasteiger partial charge in [-0.3, -0.25) is 14.2 Å². The van der Waals surface area contributed by atoms with Crippen molar-refractivity contribution >= 4 is 22.6 Å². The Balaban J connectivity index is 1.47. The Morgan fingerprint density at radius 1 is 1.03 bits per heavy atom. The van der Waals surface area contributed by atoms with Crippen molar-refractivity contribution < 1.29 is 14.3 Å². The Morgan fingerprint density at radius 3 is 2.39 bits per heavy atom. The molecule has 188 valence electrons. The molecule has 0 unspecified atom stereocenters. The number of benzene rings is 1. The largest absolute Gasteiger partial charge is 0.493 e. The van der Waals surface area contributed by atoms with Crippen LogP contribution in [-0.2, 0) is 16.8 Å². The molecule has 0 radical (unpaired) electrons. The molecular weight excluding hydrogens is 462 g/mol. The van der Waals surface area contributed by atoms with Crippen LogP contribution in [0.15, 0.2) is 47.8 Å². The van der Waals surface area contributed by atoms with E-state index in [9.17, 15) is 9.59 Å². The maximum absolute atomic E-state index is 13.0. The first-order chi connectivity index (χ1) is 17.2. The number of anilines is 1. The first-order valence-corrected chi connectivity index (χ1v) is 11.5. The number of nitrogens with zero attached hydrogens (tertiary/aromatic N) is 6. The fourth-order valence-electron chi connectivity index (χ4n) is 3.65. The zero-order chi connectivity index (χ0) is 25.9. The molecule has 1 aromatic carbocycles. The summed E-state index contributed by atoms with van der Waals surface area (Å²) in [5.74, 6) is 1.60. The number of nitrogens with one attached hydrogen (secondary N) is 1. The van der Waals surface area contributed by atoms with E-state index >= 15 is 0 Å². The Hall–Kier alpha value is -4.28. The van der Waals surface area contributed by atoms with Crippen molar-refractivity contribution in [2.75, 3.05) is 19.5 Å². The van der Waals surface area contributed by atoms with E-state index in [1.807, 2.05) is 26.8 Å². The number of fused-ring (bicyclic) bond motifs is 1. The summed E-state index contributed by atoms with van der Waals surface area (Å²) in [7, 11) is 3.04. The number of carbonyl (C=O) groups excluding carboxylic acids is 1. The Morgan fingerprint density at radius 2 is 1.72 bits per heavy atom. The van der Waals surface area contributed by atoms with Crippen LogP contribution in [0.1, 0.15) is 39.3 Å². The van der Waals surface area contributed by atoms with E-state index in [4.69, 9.17) is 9.47 Å². The molecule has 0 aliphatic rings. The number of aryl methyl sites for hydroxylation is 1. The lowest BCUT2D eigenvalue weighted by molar-refractivity contribution is -0.116. The fraction of sp³-hybridized carbons (Fsp3) is 0.360. The number of ether oxygens (including phenoxy) is 2. The Kier molecular flexibility index (Phi) is 7.00. The minimum absolute atomic E-state index is 0.197. The smallest absolute Gasteiger partial charge is 0.261 e. The van der Waals surface area contributed by atoms with Crippen molar-refractivity contribution in [3.8, 4) is 17.4 Å². The summed E-state index contributed by atoms with van der Waals surface area (Å²) in [5, 5.41) is 7.93. The first-order valence-electron chi connectivity index (χ1n) is 11.5. The molecule has 0 saturated heterocycles. The third kappa shape index (κ3) is 5.19. The molecule has 3 aromatic heterocycles. The van der Waals surface area contributed by atoms with Crippen LogP contribution >= 0.6 is 0 Å². The lowest BCUT2D eigenvalue weighted by atomic mass is 9.92. The van der Waals surface area contributed by atoms with E-state index in [1.165, 1.54) is 29.8 Å². The van der Waals surface area contributed by atoms with Gasteiger partial charge in [-0.25, -0.2) is 15.0 Å². The lowest BCUT2D eigenvalue weighted by Gasteiger charge is -2.13. The van der Waals surface area contributed by atoms with Crippen molar-refractivity contribution in [3.05, 3.63) is 59.0 Å². The summed E-state index contributed by atoms with van der Waals surface area (Å²) in [6, 6.07) is 6.82.